The van der Waals surface area contributed by atoms with Crippen LogP contribution in [0.15, 0.2) is 16.9 Å². The molecule has 100 valence electrons. The molecule has 19 heavy (non-hydrogen) atoms. The van der Waals surface area contributed by atoms with E-state index in [0.717, 1.165) is 34.1 Å². The number of nitrogens with two attached hydrogens (primary N) is 1. The van der Waals surface area contributed by atoms with Crippen LogP contribution >= 0.6 is 28.1 Å². The molecular formula is C12H14BrN5S. The monoisotopic (exact) mass is 339 g/mol. The predicted octanol–water partition coefficient (Wildman–Crippen LogP) is 2.18. The number of aryl methyl sites for hydroxylation is 1. The van der Waals surface area contributed by atoms with Crippen molar-refractivity contribution >= 4 is 33.1 Å². The third-order valence-corrected chi connectivity index (χ3v) is 3.46. The van der Waals surface area contributed by atoms with Gasteiger partial charge in [0.05, 0.1) is 21.9 Å². The van der Waals surface area contributed by atoms with Gasteiger partial charge in [0.15, 0.2) is 5.82 Å². The van der Waals surface area contributed by atoms with E-state index in [1.54, 1.807) is 17.1 Å². The molecule has 0 aliphatic rings. The fourth-order valence-corrected chi connectivity index (χ4v) is 2.50. The maximum atomic E-state index is 5.87. The van der Waals surface area contributed by atoms with E-state index in [4.69, 9.17) is 18.0 Å². The third-order valence-electron chi connectivity index (χ3n) is 2.84. The van der Waals surface area contributed by atoms with Crippen molar-refractivity contribution in [3.63, 3.8) is 0 Å². The van der Waals surface area contributed by atoms with Crippen LogP contribution in [0.5, 0.6) is 0 Å². The lowest BCUT2D eigenvalue weighted by Crippen LogP contribution is -2.20. The summed E-state index contributed by atoms with van der Waals surface area (Å²) in [6, 6.07) is 0. The number of rotatable bonds is 4. The first kappa shape index (κ1) is 14.1. The highest BCUT2D eigenvalue weighted by Gasteiger charge is 2.18. The van der Waals surface area contributed by atoms with Gasteiger partial charge < -0.3 is 5.73 Å². The van der Waals surface area contributed by atoms with E-state index in [1.807, 2.05) is 6.92 Å². The highest BCUT2D eigenvalue weighted by atomic mass is 79.9. The Morgan fingerprint density at radius 3 is 2.58 bits per heavy atom. The lowest BCUT2D eigenvalue weighted by molar-refractivity contribution is 0.780. The minimum atomic E-state index is 0.322. The van der Waals surface area contributed by atoms with Gasteiger partial charge in [-0.25, -0.2) is 4.68 Å². The van der Waals surface area contributed by atoms with Gasteiger partial charge in [-0.05, 0) is 34.3 Å². The van der Waals surface area contributed by atoms with E-state index >= 15 is 0 Å². The summed E-state index contributed by atoms with van der Waals surface area (Å²) in [7, 11) is 0. The summed E-state index contributed by atoms with van der Waals surface area (Å²) in [4.78, 5) is 0.322. The van der Waals surface area contributed by atoms with Crippen molar-refractivity contribution in [2.24, 2.45) is 5.73 Å². The molecule has 0 spiro atoms. The van der Waals surface area contributed by atoms with E-state index < -0.39 is 0 Å². The van der Waals surface area contributed by atoms with Crippen LogP contribution in [0.1, 0.15) is 30.7 Å². The van der Waals surface area contributed by atoms with Gasteiger partial charge in [0.2, 0.25) is 0 Å². The topological polar surface area (TPSA) is 69.6 Å². The Bertz CT molecular complexity index is 623. The van der Waals surface area contributed by atoms with Crippen LogP contribution in [-0.4, -0.2) is 25.0 Å². The second kappa shape index (κ2) is 5.75. The van der Waals surface area contributed by atoms with E-state index in [2.05, 4.69) is 38.1 Å². The summed E-state index contributed by atoms with van der Waals surface area (Å²) in [5, 5.41) is 12.7. The molecule has 0 amide bonds. The molecule has 2 aromatic rings. The van der Waals surface area contributed by atoms with Crippen molar-refractivity contribution < 1.29 is 0 Å². The van der Waals surface area contributed by atoms with Crippen molar-refractivity contribution in [2.75, 3.05) is 0 Å². The molecule has 0 unspecified atom stereocenters. The maximum Gasteiger partial charge on any atom is 0.186 e. The molecule has 0 radical (unpaired) electrons. The Hall–Kier alpha value is -1.34. The molecular weight excluding hydrogens is 326 g/mol. The molecule has 0 aliphatic carbocycles. The van der Waals surface area contributed by atoms with Crippen molar-refractivity contribution in [3.8, 4) is 5.82 Å². The zero-order chi connectivity index (χ0) is 14.0. The zero-order valence-corrected chi connectivity index (χ0v) is 13.1. The summed E-state index contributed by atoms with van der Waals surface area (Å²) >= 11 is 8.53. The Labute approximate surface area is 125 Å². The van der Waals surface area contributed by atoms with Crippen molar-refractivity contribution in [1.29, 1.82) is 0 Å². The van der Waals surface area contributed by atoms with E-state index in [-0.39, 0.29) is 0 Å². The van der Waals surface area contributed by atoms with Crippen LogP contribution in [0.3, 0.4) is 0 Å². The largest absolute Gasteiger partial charge is 0.389 e. The summed E-state index contributed by atoms with van der Waals surface area (Å²) in [6.07, 6.45) is 5.09. The van der Waals surface area contributed by atoms with Crippen LogP contribution in [0.25, 0.3) is 5.82 Å². The molecule has 5 nitrogen and oxygen atoms in total. The molecule has 0 saturated heterocycles. The van der Waals surface area contributed by atoms with Crippen molar-refractivity contribution in [1.82, 2.24) is 20.0 Å². The molecule has 0 saturated carbocycles. The first-order valence-electron chi connectivity index (χ1n) is 5.97. The minimum absolute atomic E-state index is 0.322. The van der Waals surface area contributed by atoms with Crippen LogP contribution < -0.4 is 5.73 Å². The standard InChI is InChI=1S/C12H14BrN5S/c1-3-8-9(4-2)16-17-12(10(8)11(14)19)18-6-7(13)5-15-18/h5-6H,3-4H2,1-2H3,(H2,14,19). The van der Waals surface area contributed by atoms with Crippen LogP contribution in [-0.2, 0) is 12.8 Å². The highest BCUT2D eigenvalue weighted by molar-refractivity contribution is 9.10. The second-order valence-electron chi connectivity index (χ2n) is 4.00. The predicted molar refractivity (Wildman–Crippen MR) is 81.5 cm³/mol. The van der Waals surface area contributed by atoms with E-state index in [9.17, 15) is 0 Å². The molecule has 2 rings (SSSR count). The molecule has 0 aromatic carbocycles. The number of hydrogen-bond donors (Lipinski definition) is 1. The summed E-state index contributed by atoms with van der Waals surface area (Å²) < 4.78 is 2.49. The first-order chi connectivity index (χ1) is 9.08. The zero-order valence-electron chi connectivity index (χ0n) is 10.7. The normalized spacial score (nSPS) is 10.7. The maximum absolute atomic E-state index is 5.87. The third kappa shape index (κ3) is 2.66. The van der Waals surface area contributed by atoms with E-state index in [1.165, 1.54) is 0 Å². The average Bonchev–Trinajstić information content (AvgIpc) is 2.83. The van der Waals surface area contributed by atoms with Gasteiger partial charge in [-0.1, -0.05) is 26.1 Å². The Morgan fingerprint density at radius 2 is 2.11 bits per heavy atom. The second-order valence-corrected chi connectivity index (χ2v) is 5.35. The molecule has 2 N–H and O–H groups in total. The Morgan fingerprint density at radius 1 is 1.37 bits per heavy atom. The van der Waals surface area contributed by atoms with Gasteiger partial charge in [-0.2, -0.15) is 10.2 Å². The number of thiocarbonyl (C=S) groups is 1. The quantitative estimate of drug-likeness (QED) is 0.864. The molecule has 7 heteroatoms. The van der Waals surface area contributed by atoms with Crippen molar-refractivity contribution in [2.45, 2.75) is 26.7 Å². The number of halogens is 1. The van der Waals surface area contributed by atoms with Gasteiger partial charge in [-0.3, -0.25) is 0 Å². The lowest BCUT2D eigenvalue weighted by atomic mass is 10.0. The minimum Gasteiger partial charge on any atom is -0.389 e. The Kier molecular flexibility index (Phi) is 4.26. The molecule has 0 fully saturated rings. The fourth-order valence-electron chi connectivity index (χ4n) is 2.00. The highest BCUT2D eigenvalue weighted by Crippen LogP contribution is 2.21. The van der Waals surface area contributed by atoms with Gasteiger partial charge in [0.25, 0.3) is 0 Å². The average molecular weight is 340 g/mol. The van der Waals surface area contributed by atoms with Gasteiger partial charge in [0, 0.05) is 6.20 Å². The molecule has 0 atom stereocenters. The smallest absolute Gasteiger partial charge is 0.186 e. The summed E-state index contributed by atoms with van der Waals surface area (Å²) in [5.41, 5.74) is 8.61. The lowest BCUT2D eigenvalue weighted by Gasteiger charge is -2.14. The molecule has 0 aliphatic heterocycles. The number of nitrogens with zero attached hydrogens (tertiary/aromatic N) is 4. The van der Waals surface area contributed by atoms with Gasteiger partial charge in [0.1, 0.15) is 4.99 Å². The number of aromatic nitrogens is 4. The van der Waals surface area contributed by atoms with Gasteiger partial charge in [-0.15, -0.1) is 5.10 Å². The van der Waals surface area contributed by atoms with Crippen LogP contribution in [0, 0.1) is 0 Å². The van der Waals surface area contributed by atoms with Crippen LogP contribution in [0.4, 0.5) is 0 Å². The van der Waals surface area contributed by atoms with E-state index in [0.29, 0.717) is 10.8 Å². The van der Waals surface area contributed by atoms with Gasteiger partial charge >= 0.3 is 0 Å². The fraction of sp³-hybridized carbons (Fsp3) is 0.333. The summed E-state index contributed by atoms with van der Waals surface area (Å²) in [6.45, 7) is 4.09. The Balaban J connectivity index is 2.71. The molecule has 0 bridgehead atoms. The molecule has 2 aromatic heterocycles. The number of hydrogen-bond acceptors (Lipinski definition) is 4. The summed E-state index contributed by atoms with van der Waals surface area (Å²) in [5.74, 6) is 0.576. The van der Waals surface area contributed by atoms with Crippen LogP contribution in [0.2, 0.25) is 0 Å². The SMILES string of the molecule is CCc1nnc(-n2cc(Br)cn2)c(C(N)=S)c1CC. The first-order valence-corrected chi connectivity index (χ1v) is 7.17. The van der Waals surface area contributed by atoms with Crippen molar-refractivity contribution in [3.05, 3.63) is 33.7 Å². The molecule has 2 heterocycles.